The monoisotopic (exact) mass is 312 g/mol. The minimum Gasteiger partial charge on any atom is -0.549 e. The Morgan fingerprint density at radius 3 is 2.70 bits per heavy atom. The molecule has 1 aliphatic heterocycles. The summed E-state index contributed by atoms with van der Waals surface area (Å²) in [7, 11) is 3.43. The highest BCUT2D eigenvalue weighted by atomic mass is 16.7. The number of likely N-dealkylation sites (N-methyl/N-ethyl adjacent to an activating group) is 1. The van der Waals surface area contributed by atoms with Gasteiger partial charge in [-0.15, -0.1) is 0 Å². The molecular weight excluding hydrogens is 294 g/mol. The number of para-hydroxylation sites is 1. The van der Waals surface area contributed by atoms with Crippen LogP contribution in [0.15, 0.2) is 42.5 Å². The van der Waals surface area contributed by atoms with Gasteiger partial charge in [0.15, 0.2) is 0 Å². The molecule has 0 bridgehead atoms. The average Bonchev–Trinajstić information content (AvgIpc) is 2.57. The number of aliphatic carboxylic acids is 1. The number of ether oxygens (including phenoxy) is 1. The van der Waals surface area contributed by atoms with Crippen molar-refractivity contribution in [3.63, 3.8) is 0 Å². The summed E-state index contributed by atoms with van der Waals surface area (Å²) in [4.78, 5) is 16.9. The van der Waals surface area contributed by atoms with E-state index < -0.39 is 11.9 Å². The molecule has 1 aliphatic rings. The number of hydrogen-bond donors (Lipinski definition) is 0. The molecule has 1 heterocycles. The van der Waals surface area contributed by atoms with Crippen molar-refractivity contribution >= 4 is 5.97 Å². The van der Waals surface area contributed by atoms with Crippen molar-refractivity contribution in [3.8, 4) is 11.5 Å². The summed E-state index contributed by atoms with van der Waals surface area (Å²) in [6.07, 6.45) is 0.656. The van der Waals surface area contributed by atoms with Crippen molar-refractivity contribution in [2.45, 2.75) is 12.3 Å². The summed E-state index contributed by atoms with van der Waals surface area (Å²) < 4.78 is 5.90. The Morgan fingerprint density at radius 2 is 1.96 bits per heavy atom. The van der Waals surface area contributed by atoms with E-state index in [2.05, 4.69) is 0 Å². The van der Waals surface area contributed by atoms with Gasteiger partial charge in [-0.25, -0.2) is 0 Å². The van der Waals surface area contributed by atoms with Crippen LogP contribution < -0.4 is 9.84 Å². The van der Waals surface area contributed by atoms with Gasteiger partial charge in [-0.1, -0.05) is 30.3 Å². The second kappa shape index (κ2) is 6.40. The van der Waals surface area contributed by atoms with E-state index in [1.165, 1.54) is 0 Å². The van der Waals surface area contributed by atoms with Crippen molar-refractivity contribution in [1.82, 2.24) is 5.06 Å². The smallest absolute Gasteiger partial charge is 0.131 e. The molecule has 5 nitrogen and oxygen atoms in total. The van der Waals surface area contributed by atoms with Crippen LogP contribution in [-0.4, -0.2) is 31.7 Å². The number of hydroxylamine groups is 2. The number of carboxylic acid groups (broad SMARTS) is 1. The van der Waals surface area contributed by atoms with Gasteiger partial charge in [0.1, 0.15) is 11.5 Å². The number of hydrogen-bond acceptors (Lipinski definition) is 5. The molecule has 1 atom stereocenters. The Bertz CT molecular complexity index is 729. The molecule has 120 valence electrons. The maximum atomic E-state index is 11.8. The van der Waals surface area contributed by atoms with Crippen LogP contribution in [0.3, 0.4) is 0 Å². The molecule has 0 amide bonds. The van der Waals surface area contributed by atoms with Crippen LogP contribution in [0, 0.1) is 0 Å². The summed E-state index contributed by atoms with van der Waals surface area (Å²) in [5.74, 6) is -0.788. The van der Waals surface area contributed by atoms with Crippen LogP contribution in [0.4, 0.5) is 0 Å². The molecule has 23 heavy (non-hydrogen) atoms. The van der Waals surface area contributed by atoms with Crippen LogP contribution in [0.2, 0.25) is 0 Å². The summed E-state index contributed by atoms with van der Waals surface area (Å²) in [5.41, 5.74) is 2.23. The van der Waals surface area contributed by atoms with Gasteiger partial charge in [0.05, 0.1) is 19.0 Å². The SMILES string of the molecule is CON(C)CCc1cccc2c1C(C(=O)[O-])c1ccccc1O2. The standard InChI is InChI=1S/C18H19NO4/c1-19(22-2)11-10-12-6-5-9-15-16(12)17(18(20)21)13-7-3-4-8-14(13)23-15/h3-9,17H,10-11H2,1-2H3,(H,20,21)/p-1. The third kappa shape index (κ3) is 2.93. The molecule has 2 aromatic carbocycles. The quantitative estimate of drug-likeness (QED) is 0.787. The number of benzene rings is 2. The van der Waals surface area contributed by atoms with E-state index in [1.54, 1.807) is 30.4 Å². The van der Waals surface area contributed by atoms with E-state index >= 15 is 0 Å². The fourth-order valence-corrected chi connectivity index (χ4v) is 2.92. The fourth-order valence-electron chi connectivity index (χ4n) is 2.92. The Labute approximate surface area is 135 Å². The molecule has 0 fully saturated rings. The number of rotatable bonds is 5. The van der Waals surface area contributed by atoms with Crippen molar-refractivity contribution in [3.05, 3.63) is 59.2 Å². The predicted octanol–water partition coefficient (Wildman–Crippen LogP) is 1.71. The molecule has 3 rings (SSSR count). The second-order valence-electron chi connectivity index (χ2n) is 5.50. The largest absolute Gasteiger partial charge is 0.549 e. The van der Waals surface area contributed by atoms with E-state index in [0.29, 0.717) is 35.6 Å². The molecule has 2 aromatic rings. The van der Waals surface area contributed by atoms with Gasteiger partial charge in [0, 0.05) is 24.7 Å². The van der Waals surface area contributed by atoms with Crippen molar-refractivity contribution < 1.29 is 19.5 Å². The first-order valence-corrected chi connectivity index (χ1v) is 7.46. The summed E-state index contributed by atoms with van der Waals surface area (Å²) >= 11 is 0. The fraction of sp³-hybridized carbons (Fsp3) is 0.278. The first-order chi connectivity index (χ1) is 11.1. The van der Waals surface area contributed by atoms with Crippen molar-refractivity contribution in [2.75, 3.05) is 20.7 Å². The van der Waals surface area contributed by atoms with Gasteiger partial charge >= 0.3 is 0 Å². The lowest BCUT2D eigenvalue weighted by Gasteiger charge is -2.31. The molecule has 0 aliphatic carbocycles. The lowest BCUT2D eigenvalue weighted by atomic mass is 9.84. The number of carboxylic acids is 1. The Balaban J connectivity index is 2.04. The van der Waals surface area contributed by atoms with E-state index in [-0.39, 0.29) is 0 Å². The zero-order valence-electron chi connectivity index (χ0n) is 13.1. The van der Waals surface area contributed by atoms with Crippen LogP contribution >= 0.6 is 0 Å². The van der Waals surface area contributed by atoms with E-state index in [0.717, 1.165) is 5.56 Å². The van der Waals surface area contributed by atoms with Crippen LogP contribution in [0.25, 0.3) is 0 Å². The third-order valence-electron chi connectivity index (χ3n) is 4.14. The van der Waals surface area contributed by atoms with Gasteiger partial charge in [-0.3, -0.25) is 0 Å². The predicted molar refractivity (Wildman–Crippen MR) is 83.2 cm³/mol. The molecule has 5 heteroatoms. The van der Waals surface area contributed by atoms with Gasteiger partial charge in [0.25, 0.3) is 0 Å². The van der Waals surface area contributed by atoms with Gasteiger partial charge in [0.2, 0.25) is 0 Å². The first kappa shape index (κ1) is 15.5. The van der Waals surface area contributed by atoms with Crippen LogP contribution in [0.1, 0.15) is 22.6 Å². The topological polar surface area (TPSA) is 61.8 Å². The zero-order valence-corrected chi connectivity index (χ0v) is 13.1. The number of fused-ring (bicyclic) bond motifs is 2. The Hall–Kier alpha value is -2.37. The molecule has 0 saturated heterocycles. The van der Waals surface area contributed by atoms with Crippen molar-refractivity contribution in [1.29, 1.82) is 0 Å². The first-order valence-electron chi connectivity index (χ1n) is 7.46. The van der Waals surface area contributed by atoms with Crippen molar-refractivity contribution in [2.24, 2.45) is 0 Å². The van der Waals surface area contributed by atoms with E-state index in [9.17, 15) is 9.90 Å². The van der Waals surface area contributed by atoms with Crippen LogP contribution in [0.5, 0.6) is 11.5 Å². The minimum absolute atomic E-state index is 0.570. The van der Waals surface area contributed by atoms with Gasteiger partial charge < -0.3 is 19.5 Å². The maximum Gasteiger partial charge on any atom is 0.131 e. The van der Waals surface area contributed by atoms with E-state index in [1.807, 2.05) is 31.3 Å². The Morgan fingerprint density at radius 1 is 1.22 bits per heavy atom. The molecule has 1 unspecified atom stereocenters. The zero-order chi connectivity index (χ0) is 16.4. The van der Waals surface area contributed by atoms with E-state index in [4.69, 9.17) is 9.57 Å². The Kier molecular flexibility index (Phi) is 4.32. The van der Waals surface area contributed by atoms with Gasteiger partial charge in [-0.05, 0) is 24.1 Å². The highest BCUT2D eigenvalue weighted by Gasteiger charge is 2.30. The minimum atomic E-state index is -1.12. The summed E-state index contributed by atoms with van der Waals surface area (Å²) in [6.45, 7) is 0.647. The maximum absolute atomic E-state index is 11.8. The molecule has 0 aromatic heterocycles. The van der Waals surface area contributed by atoms with Crippen LogP contribution in [-0.2, 0) is 16.1 Å². The molecular formula is C18H18NO4-. The third-order valence-corrected chi connectivity index (χ3v) is 4.14. The number of carbonyl (C=O) groups is 1. The number of carbonyl (C=O) groups excluding carboxylic acids is 1. The summed E-state index contributed by atoms with van der Waals surface area (Å²) in [6, 6.07) is 12.8. The normalized spacial score (nSPS) is 15.7. The highest BCUT2D eigenvalue weighted by molar-refractivity contribution is 5.83. The van der Waals surface area contributed by atoms with Gasteiger partial charge in [-0.2, -0.15) is 5.06 Å². The second-order valence-corrected chi connectivity index (χ2v) is 5.50. The number of nitrogens with zero attached hydrogens (tertiary/aromatic N) is 1. The lowest BCUT2D eigenvalue weighted by Crippen LogP contribution is -2.33. The molecule has 0 saturated carbocycles. The molecule has 0 N–H and O–H groups in total. The lowest BCUT2D eigenvalue weighted by molar-refractivity contribution is -0.306. The summed E-state index contributed by atoms with van der Waals surface area (Å²) in [5, 5.41) is 13.5. The average molecular weight is 312 g/mol. The molecule has 0 spiro atoms. The highest BCUT2D eigenvalue weighted by Crippen LogP contribution is 2.45. The molecule has 0 radical (unpaired) electrons.